The van der Waals surface area contributed by atoms with Gasteiger partial charge in [-0.05, 0) is 44.9 Å². The van der Waals surface area contributed by atoms with Crippen molar-refractivity contribution in [3.05, 3.63) is 0 Å². The van der Waals surface area contributed by atoms with Crippen molar-refractivity contribution in [3.8, 4) is 0 Å². The molecule has 1 heterocycles. The lowest BCUT2D eigenvalue weighted by molar-refractivity contribution is 0.0195. The van der Waals surface area contributed by atoms with Crippen LogP contribution in [0.1, 0.15) is 39.0 Å². The van der Waals surface area contributed by atoms with E-state index in [2.05, 4.69) is 0 Å². The highest BCUT2D eigenvalue weighted by molar-refractivity contribution is 4.76. The Labute approximate surface area is 104 Å². The molecule has 0 aliphatic carbocycles. The van der Waals surface area contributed by atoms with Crippen LogP contribution in [0.5, 0.6) is 0 Å². The molecule has 0 aromatic heterocycles. The van der Waals surface area contributed by atoms with Crippen LogP contribution in [0, 0.1) is 5.92 Å². The maximum atomic E-state index is 9.00. The number of unbranched alkanes of at least 4 members (excludes halogenated alkanes) is 1. The van der Waals surface area contributed by atoms with E-state index in [-0.39, 0.29) is 6.61 Å². The summed E-state index contributed by atoms with van der Waals surface area (Å²) in [5.74, 6) is 0.681. The molecule has 0 saturated carbocycles. The van der Waals surface area contributed by atoms with Crippen molar-refractivity contribution in [1.82, 2.24) is 0 Å². The molecule has 1 aliphatic rings. The van der Waals surface area contributed by atoms with Crippen molar-refractivity contribution in [2.75, 3.05) is 33.0 Å². The largest absolute Gasteiger partial charge is 0.394 e. The van der Waals surface area contributed by atoms with E-state index in [1.807, 2.05) is 6.92 Å². The van der Waals surface area contributed by atoms with Gasteiger partial charge in [-0.25, -0.2) is 0 Å². The third-order valence-electron chi connectivity index (χ3n) is 3.34. The normalized spacial score (nSPS) is 21.4. The van der Waals surface area contributed by atoms with Crippen molar-refractivity contribution in [2.45, 2.75) is 44.6 Å². The second kappa shape index (κ2) is 8.03. The lowest BCUT2D eigenvalue weighted by Gasteiger charge is -2.22. The minimum absolute atomic E-state index is 0.0515. The predicted octanol–water partition coefficient (Wildman–Crippen LogP) is 1.31. The van der Waals surface area contributed by atoms with Crippen LogP contribution in [0.25, 0.3) is 0 Å². The van der Waals surface area contributed by atoms with Crippen molar-refractivity contribution < 1.29 is 14.6 Å². The Bertz CT molecular complexity index is 191. The van der Waals surface area contributed by atoms with Crippen LogP contribution in [-0.2, 0) is 9.47 Å². The van der Waals surface area contributed by atoms with Crippen LogP contribution >= 0.6 is 0 Å². The standard InChI is InChI=1S/C13H27NO3/c1-13(14,11-15)6-2-3-7-17-10-12-4-8-16-9-5-12/h12,15H,2-11,14H2,1H3. The van der Waals surface area contributed by atoms with Crippen molar-refractivity contribution in [1.29, 1.82) is 0 Å². The highest BCUT2D eigenvalue weighted by Crippen LogP contribution is 2.15. The average Bonchev–Trinajstić information content (AvgIpc) is 2.35. The molecule has 4 heteroatoms. The van der Waals surface area contributed by atoms with Crippen LogP contribution in [0.15, 0.2) is 0 Å². The summed E-state index contributed by atoms with van der Waals surface area (Å²) in [6, 6.07) is 0. The monoisotopic (exact) mass is 245 g/mol. The predicted molar refractivity (Wildman–Crippen MR) is 67.9 cm³/mol. The molecule has 1 aliphatic heterocycles. The zero-order chi connectivity index (χ0) is 12.6. The fraction of sp³-hybridized carbons (Fsp3) is 1.00. The first-order chi connectivity index (χ1) is 8.14. The summed E-state index contributed by atoms with van der Waals surface area (Å²) in [6.07, 6.45) is 5.15. The topological polar surface area (TPSA) is 64.7 Å². The zero-order valence-electron chi connectivity index (χ0n) is 11.0. The summed E-state index contributed by atoms with van der Waals surface area (Å²) in [6.45, 7) is 5.38. The van der Waals surface area contributed by atoms with Gasteiger partial charge in [0.05, 0.1) is 6.61 Å². The first-order valence-electron chi connectivity index (χ1n) is 6.69. The molecule has 3 N–H and O–H groups in total. The van der Waals surface area contributed by atoms with Gasteiger partial charge < -0.3 is 20.3 Å². The molecule has 17 heavy (non-hydrogen) atoms. The van der Waals surface area contributed by atoms with Gasteiger partial charge in [-0.2, -0.15) is 0 Å². The molecule has 1 atom stereocenters. The average molecular weight is 245 g/mol. The van der Waals surface area contributed by atoms with Gasteiger partial charge in [0.1, 0.15) is 0 Å². The van der Waals surface area contributed by atoms with Crippen LogP contribution in [0.2, 0.25) is 0 Å². The second-order valence-electron chi connectivity index (χ2n) is 5.40. The minimum Gasteiger partial charge on any atom is -0.394 e. The van der Waals surface area contributed by atoms with E-state index in [0.717, 1.165) is 58.5 Å². The molecular formula is C13H27NO3. The molecule has 0 aromatic carbocycles. The molecule has 0 aromatic rings. The molecule has 1 unspecified atom stereocenters. The van der Waals surface area contributed by atoms with Gasteiger partial charge in [0.15, 0.2) is 0 Å². The quantitative estimate of drug-likeness (QED) is 0.633. The van der Waals surface area contributed by atoms with Crippen molar-refractivity contribution >= 4 is 0 Å². The lowest BCUT2D eigenvalue weighted by atomic mass is 9.97. The smallest absolute Gasteiger partial charge is 0.0608 e. The highest BCUT2D eigenvalue weighted by Gasteiger charge is 2.16. The third kappa shape index (κ3) is 6.99. The SMILES string of the molecule is CC(N)(CO)CCCCOCC1CCOCC1. The summed E-state index contributed by atoms with van der Waals surface area (Å²) < 4.78 is 11.0. The molecule has 1 saturated heterocycles. The summed E-state index contributed by atoms with van der Waals surface area (Å²) in [4.78, 5) is 0. The Morgan fingerprint density at radius 3 is 2.71 bits per heavy atom. The van der Waals surface area contributed by atoms with Gasteiger partial charge in [0.2, 0.25) is 0 Å². The van der Waals surface area contributed by atoms with Crippen LogP contribution in [-0.4, -0.2) is 43.7 Å². The van der Waals surface area contributed by atoms with E-state index in [1.165, 1.54) is 0 Å². The Hall–Kier alpha value is -0.160. The Morgan fingerprint density at radius 1 is 1.35 bits per heavy atom. The second-order valence-corrected chi connectivity index (χ2v) is 5.40. The van der Waals surface area contributed by atoms with Crippen LogP contribution in [0.3, 0.4) is 0 Å². The number of ether oxygens (including phenoxy) is 2. The van der Waals surface area contributed by atoms with Crippen molar-refractivity contribution in [3.63, 3.8) is 0 Å². The Kier molecular flexibility index (Phi) is 7.04. The van der Waals surface area contributed by atoms with Gasteiger partial charge in [-0.15, -0.1) is 0 Å². The molecule has 1 rings (SSSR count). The first-order valence-corrected chi connectivity index (χ1v) is 6.69. The van der Waals surface area contributed by atoms with E-state index in [1.54, 1.807) is 0 Å². The minimum atomic E-state index is -0.430. The van der Waals surface area contributed by atoms with E-state index >= 15 is 0 Å². The molecule has 102 valence electrons. The summed E-state index contributed by atoms with van der Waals surface area (Å²) in [7, 11) is 0. The summed E-state index contributed by atoms with van der Waals surface area (Å²) >= 11 is 0. The maximum absolute atomic E-state index is 9.00. The lowest BCUT2D eigenvalue weighted by Crippen LogP contribution is -2.39. The Morgan fingerprint density at radius 2 is 2.06 bits per heavy atom. The summed E-state index contributed by atoms with van der Waals surface area (Å²) in [5, 5.41) is 9.00. The summed E-state index contributed by atoms with van der Waals surface area (Å²) in [5.41, 5.74) is 5.41. The maximum Gasteiger partial charge on any atom is 0.0608 e. The van der Waals surface area contributed by atoms with Gasteiger partial charge >= 0.3 is 0 Å². The third-order valence-corrected chi connectivity index (χ3v) is 3.34. The fourth-order valence-corrected chi connectivity index (χ4v) is 1.98. The number of aliphatic hydroxyl groups is 1. The van der Waals surface area contributed by atoms with E-state index in [0.29, 0.717) is 5.92 Å². The molecule has 1 fully saturated rings. The molecule has 4 nitrogen and oxygen atoms in total. The number of hydrogen-bond donors (Lipinski definition) is 2. The van der Waals surface area contributed by atoms with Crippen molar-refractivity contribution in [2.24, 2.45) is 11.7 Å². The van der Waals surface area contributed by atoms with Gasteiger partial charge in [0.25, 0.3) is 0 Å². The Balaban J connectivity index is 1.90. The van der Waals surface area contributed by atoms with E-state index in [4.69, 9.17) is 20.3 Å². The zero-order valence-corrected chi connectivity index (χ0v) is 11.0. The number of rotatable bonds is 8. The van der Waals surface area contributed by atoms with Gasteiger partial charge in [-0.3, -0.25) is 0 Å². The number of nitrogens with two attached hydrogens (primary N) is 1. The molecule has 0 amide bonds. The van der Waals surface area contributed by atoms with E-state index in [9.17, 15) is 0 Å². The molecule has 0 radical (unpaired) electrons. The number of hydrogen-bond acceptors (Lipinski definition) is 4. The highest BCUT2D eigenvalue weighted by atomic mass is 16.5. The first kappa shape index (κ1) is 14.9. The molecule has 0 spiro atoms. The van der Waals surface area contributed by atoms with Crippen LogP contribution < -0.4 is 5.73 Å². The molecular weight excluding hydrogens is 218 g/mol. The fourth-order valence-electron chi connectivity index (χ4n) is 1.98. The van der Waals surface area contributed by atoms with E-state index < -0.39 is 5.54 Å². The number of aliphatic hydroxyl groups excluding tert-OH is 1. The van der Waals surface area contributed by atoms with Gasteiger partial charge in [0, 0.05) is 32.0 Å². The van der Waals surface area contributed by atoms with Crippen LogP contribution in [0.4, 0.5) is 0 Å². The van der Waals surface area contributed by atoms with Gasteiger partial charge in [-0.1, -0.05) is 0 Å². The molecule has 0 bridgehead atoms.